The van der Waals surface area contributed by atoms with Gasteiger partial charge in [0.2, 0.25) is 5.91 Å². The molecule has 2 aromatic rings. The van der Waals surface area contributed by atoms with Gasteiger partial charge in [0.05, 0.1) is 4.90 Å². The summed E-state index contributed by atoms with van der Waals surface area (Å²) in [5.74, 6) is -0.172. The van der Waals surface area contributed by atoms with E-state index in [4.69, 9.17) is 0 Å². The Hall–Kier alpha value is -1.93. The minimum Gasteiger partial charge on any atom is -0.326 e. The minimum atomic E-state index is -3.66. The van der Waals surface area contributed by atoms with E-state index < -0.39 is 10.0 Å². The van der Waals surface area contributed by atoms with Crippen LogP contribution in [0.3, 0.4) is 0 Å². The van der Waals surface area contributed by atoms with Crippen LogP contribution in [0.4, 0.5) is 10.8 Å². The number of anilines is 2. The number of aromatic nitrogens is 1. The molecule has 6 nitrogen and oxygen atoms in total. The monoisotopic (exact) mass is 339 g/mol. The Morgan fingerprint density at radius 2 is 2.00 bits per heavy atom. The molecular weight excluding hydrogens is 322 g/mol. The van der Waals surface area contributed by atoms with Crippen LogP contribution in [0.25, 0.3) is 0 Å². The topological polar surface area (TPSA) is 88.2 Å². The fourth-order valence-electron chi connectivity index (χ4n) is 1.62. The highest BCUT2D eigenvalue weighted by Gasteiger charge is 2.16. The molecule has 0 aliphatic heterocycles. The third kappa shape index (κ3) is 4.05. The molecule has 1 aromatic heterocycles. The van der Waals surface area contributed by atoms with Crippen molar-refractivity contribution in [2.24, 2.45) is 5.92 Å². The molecule has 0 bridgehead atoms. The van der Waals surface area contributed by atoms with Crippen molar-refractivity contribution < 1.29 is 13.2 Å². The van der Waals surface area contributed by atoms with Crippen LogP contribution in [-0.4, -0.2) is 19.3 Å². The van der Waals surface area contributed by atoms with Gasteiger partial charge in [-0.1, -0.05) is 13.8 Å². The standard InChI is InChI=1S/C14H17N3O3S2/c1-3-10(2)13(18)16-11-4-6-12(7-5-11)22(19,20)17-14-15-8-9-21-14/h4-10H,3H2,1-2H3,(H,15,17)(H,16,18). The first-order valence-electron chi connectivity index (χ1n) is 6.75. The number of benzene rings is 1. The summed E-state index contributed by atoms with van der Waals surface area (Å²) in [7, 11) is -3.66. The Balaban J connectivity index is 2.10. The molecule has 1 atom stereocenters. The summed E-state index contributed by atoms with van der Waals surface area (Å²) in [5, 5.41) is 4.75. The third-order valence-electron chi connectivity index (χ3n) is 3.15. The maximum atomic E-state index is 12.2. The summed E-state index contributed by atoms with van der Waals surface area (Å²) >= 11 is 1.20. The second kappa shape index (κ2) is 6.89. The first-order chi connectivity index (χ1) is 10.4. The first-order valence-corrected chi connectivity index (χ1v) is 9.12. The highest BCUT2D eigenvalue weighted by Crippen LogP contribution is 2.20. The number of thiazole rings is 1. The summed E-state index contributed by atoms with van der Waals surface area (Å²) in [5.41, 5.74) is 0.568. The van der Waals surface area contributed by atoms with Gasteiger partial charge in [-0.05, 0) is 30.7 Å². The van der Waals surface area contributed by atoms with E-state index >= 15 is 0 Å². The van der Waals surface area contributed by atoms with Crippen LogP contribution in [0.5, 0.6) is 0 Å². The summed E-state index contributed by atoms with van der Waals surface area (Å²) < 4.78 is 26.7. The van der Waals surface area contributed by atoms with Gasteiger partial charge in [-0.25, -0.2) is 13.4 Å². The lowest BCUT2D eigenvalue weighted by atomic mass is 10.1. The number of nitrogens with one attached hydrogen (secondary N) is 2. The number of carbonyl (C=O) groups excluding carboxylic acids is 1. The van der Waals surface area contributed by atoms with E-state index in [-0.39, 0.29) is 16.7 Å². The SMILES string of the molecule is CCC(C)C(=O)Nc1ccc(S(=O)(=O)Nc2nccs2)cc1. The van der Waals surface area contributed by atoms with Gasteiger partial charge in [0.1, 0.15) is 0 Å². The Labute approximate surface area is 133 Å². The molecule has 0 saturated carbocycles. The zero-order valence-corrected chi connectivity index (χ0v) is 13.9. The molecule has 2 N–H and O–H groups in total. The second-order valence-corrected chi connectivity index (χ2v) is 7.34. The number of hydrogen-bond donors (Lipinski definition) is 2. The van der Waals surface area contributed by atoms with Crippen molar-refractivity contribution >= 4 is 38.1 Å². The smallest absolute Gasteiger partial charge is 0.263 e. The molecular formula is C14H17N3O3S2. The van der Waals surface area contributed by atoms with Gasteiger partial charge in [-0.2, -0.15) is 0 Å². The molecule has 0 radical (unpaired) electrons. The Morgan fingerprint density at radius 1 is 1.32 bits per heavy atom. The van der Waals surface area contributed by atoms with Crippen LogP contribution in [0.1, 0.15) is 20.3 Å². The zero-order valence-electron chi connectivity index (χ0n) is 12.2. The molecule has 1 heterocycles. The van der Waals surface area contributed by atoms with Gasteiger partial charge in [-0.15, -0.1) is 11.3 Å². The molecule has 8 heteroatoms. The van der Waals surface area contributed by atoms with Crippen LogP contribution in [0.15, 0.2) is 40.7 Å². The second-order valence-electron chi connectivity index (χ2n) is 4.77. The van der Waals surface area contributed by atoms with Crippen molar-refractivity contribution in [2.45, 2.75) is 25.2 Å². The highest BCUT2D eigenvalue weighted by molar-refractivity contribution is 7.93. The van der Waals surface area contributed by atoms with Crippen molar-refractivity contribution in [3.8, 4) is 0 Å². The van der Waals surface area contributed by atoms with Crippen LogP contribution in [0.2, 0.25) is 0 Å². The first kappa shape index (κ1) is 16.4. The van der Waals surface area contributed by atoms with Gasteiger partial charge in [0.25, 0.3) is 10.0 Å². The van der Waals surface area contributed by atoms with Crippen molar-refractivity contribution in [2.75, 3.05) is 10.0 Å². The van der Waals surface area contributed by atoms with E-state index in [9.17, 15) is 13.2 Å². The van der Waals surface area contributed by atoms with Crippen LogP contribution in [0, 0.1) is 5.92 Å². The zero-order chi connectivity index (χ0) is 16.2. The van der Waals surface area contributed by atoms with Gasteiger partial charge >= 0.3 is 0 Å². The number of hydrogen-bond acceptors (Lipinski definition) is 5. The lowest BCUT2D eigenvalue weighted by Gasteiger charge is -2.10. The number of amides is 1. The van der Waals surface area contributed by atoms with E-state index in [1.807, 2.05) is 13.8 Å². The molecule has 2 rings (SSSR count). The lowest BCUT2D eigenvalue weighted by Crippen LogP contribution is -2.19. The van der Waals surface area contributed by atoms with Crippen molar-refractivity contribution in [1.29, 1.82) is 0 Å². The van der Waals surface area contributed by atoms with Gasteiger partial charge in [0, 0.05) is 23.2 Å². The van der Waals surface area contributed by atoms with Gasteiger partial charge in [-0.3, -0.25) is 9.52 Å². The number of sulfonamides is 1. The molecule has 0 fully saturated rings. The van der Waals surface area contributed by atoms with Crippen LogP contribution < -0.4 is 10.0 Å². The molecule has 1 aromatic carbocycles. The molecule has 22 heavy (non-hydrogen) atoms. The molecule has 0 aliphatic carbocycles. The van der Waals surface area contributed by atoms with E-state index in [0.717, 1.165) is 6.42 Å². The van der Waals surface area contributed by atoms with E-state index in [0.29, 0.717) is 10.8 Å². The number of carbonyl (C=O) groups is 1. The maximum absolute atomic E-state index is 12.2. The van der Waals surface area contributed by atoms with E-state index in [1.165, 1.54) is 29.7 Å². The fourth-order valence-corrected chi connectivity index (χ4v) is 3.40. The predicted octanol–water partition coefficient (Wildman–Crippen LogP) is 2.93. The Morgan fingerprint density at radius 3 is 2.55 bits per heavy atom. The molecule has 1 unspecified atom stereocenters. The third-order valence-corrected chi connectivity index (χ3v) is 5.32. The van der Waals surface area contributed by atoms with E-state index in [1.54, 1.807) is 17.5 Å². The summed E-state index contributed by atoms with van der Waals surface area (Å²) in [4.78, 5) is 15.8. The molecule has 0 saturated heterocycles. The molecule has 0 spiro atoms. The minimum absolute atomic E-state index is 0.0842. The van der Waals surface area contributed by atoms with Crippen LogP contribution in [-0.2, 0) is 14.8 Å². The van der Waals surface area contributed by atoms with Crippen molar-refractivity contribution in [3.05, 3.63) is 35.8 Å². The predicted molar refractivity (Wildman–Crippen MR) is 87.4 cm³/mol. The van der Waals surface area contributed by atoms with Gasteiger partial charge < -0.3 is 5.32 Å². The maximum Gasteiger partial charge on any atom is 0.263 e. The molecule has 1 amide bonds. The average Bonchev–Trinajstić information content (AvgIpc) is 2.99. The number of rotatable bonds is 6. The molecule has 118 valence electrons. The van der Waals surface area contributed by atoms with Crippen LogP contribution >= 0.6 is 11.3 Å². The number of nitrogens with zero attached hydrogens (tertiary/aromatic N) is 1. The Bertz CT molecular complexity index is 725. The summed E-state index contributed by atoms with van der Waals surface area (Å²) in [6.07, 6.45) is 2.27. The van der Waals surface area contributed by atoms with E-state index in [2.05, 4.69) is 15.0 Å². The fraction of sp³-hybridized carbons (Fsp3) is 0.286. The highest BCUT2D eigenvalue weighted by atomic mass is 32.2. The van der Waals surface area contributed by atoms with Crippen molar-refractivity contribution in [1.82, 2.24) is 4.98 Å². The molecule has 0 aliphatic rings. The summed E-state index contributed by atoms with van der Waals surface area (Å²) in [6, 6.07) is 6.03. The average molecular weight is 339 g/mol. The summed E-state index contributed by atoms with van der Waals surface area (Å²) in [6.45, 7) is 3.77. The van der Waals surface area contributed by atoms with Gasteiger partial charge in [0.15, 0.2) is 5.13 Å². The largest absolute Gasteiger partial charge is 0.326 e. The quantitative estimate of drug-likeness (QED) is 0.847. The lowest BCUT2D eigenvalue weighted by molar-refractivity contribution is -0.119. The van der Waals surface area contributed by atoms with Crippen molar-refractivity contribution in [3.63, 3.8) is 0 Å². The normalized spacial score (nSPS) is 12.6. The Kier molecular flexibility index (Phi) is 5.15.